The third kappa shape index (κ3) is 4.06. The zero-order chi connectivity index (χ0) is 15.2. The van der Waals surface area contributed by atoms with E-state index in [-0.39, 0.29) is 0 Å². The number of nitrogens with one attached hydrogen (secondary N) is 1. The summed E-state index contributed by atoms with van der Waals surface area (Å²) in [5.41, 5.74) is 1.13. The van der Waals surface area contributed by atoms with Gasteiger partial charge in [0.05, 0.1) is 6.61 Å². The molecule has 0 spiro atoms. The summed E-state index contributed by atoms with van der Waals surface area (Å²) in [4.78, 5) is 11.6. The van der Waals surface area contributed by atoms with E-state index >= 15 is 0 Å². The largest absolute Gasteiger partial charge is 0.381 e. The van der Waals surface area contributed by atoms with E-state index in [1.54, 1.807) is 0 Å². The Bertz CT molecular complexity index is 458. The monoisotopic (exact) mass is 292 g/mol. The molecule has 0 saturated carbocycles. The highest BCUT2D eigenvalue weighted by Gasteiger charge is 2.19. The van der Waals surface area contributed by atoms with Crippen LogP contribution in [-0.4, -0.2) is 43.3 Å². The Kier molecular flexibility index (Phi) is 5.79. The molecule has 1 N–H and O–H groups in total. The SMILES string of the molecule is CCNc1nc(CC)nc(N(C)CC2CCCOC2)c1C. The van der Waals surface area contributed by atoms with E-state index in [0.29, 0.717) is 5.92 Å². The van der Waals surface area contributed by atoms with Crippen molar-refractivity contribution in [3.63, 3.8) is 0 Å². The second-order valence-corrected chi connectivity index (χ2v) is 5.78. The average molecular weight is 292 g/mol. The molecule has 1 unspecified atom stereocenters. The molecule has 0 aliphatic carbocycles. The van der Waals surface area contributed by atoms with E-state index in [4.69, 9.17) is 9.72 Å². The predicted molar refractivity (Wildman–Crippen MR) is 87.1 cm³/mol. The van der Waals surface area contributed by atoms with Crippen molar-refractivity contribution in [3.8, 4) is 0 Å². The smallest absolute Gasteiger partial charge is 0.137 e. The highest BCUT2D eigenvalue weighted by atomic mass is 16.5. The number of hydrogen-bond donors (Lipinski definition) is 1. The van der Waals surface area contributed by atoms with Crippen LogP contribution in [0, 0.1) is 12.8 Å². The van der Waals surface area contributed by atoms with Gasteiger partial charge in [0.2, 0.25) is 0 Å². The van der Waals surface area contributed by atoms with Crippen LogP contribution in [0.25, 0.3) is 0 Å². The summed E-state index contributed by atoms with van der Waals surface area (Å²) >= 11 is 0. The molecule has 0 radical (unpaired) electrons. The molecule has 0 amide bonds. The Morgan fingerprint density at radius 3 is 2.76 bits per heavy atom. The average Bonchev–Trinajstić information content (AvgIpc) is 2.50. The lowest BCUT2D eigenvalue weighted by atomic mass is 10.0. The Labute approximate surface area is 128 Å². The van der Waals surface area contributed by atoms with Gasteiger partial charge in [0.1, 0.15) is 17.5 Å². The van der Waals surface area contributed by atoms with Crippen molar-refractivity contribution in [2.24, 2.45) is 5.92 Å². The van der Waals surface area contributed by atoms with Gasteiger partial charge in [-0.05, 0) is 32.6 Å². The maximum atomic E-state index is 5.58. The van der Waals surface area contributed by atoms with Crippen LogP contribution in [0.5, 0.6) is 0 Å². The summed E-state index contributed by atoms with van der Waals surface area (Å²) in [6.45, 7) is 9.94. The molecule has 0 bridgehead atoms. The molecular weight excluding hydrogens is 264 g/mol. The first kappa shape index (κ1) is 16.0. The zero-order valence-corrected chi connectivity index (χ0v) is 13.8. The zero-order valence-electron chi connectivity index (χ0n) is 13.8. The van der Waals surface area contributed by atoms with Crippen molar-refractivity contribution in [1.82, 2.24) is 9.97 Å². The molecule has 1 aromatic rings. The normalized spacial score (nSPS) is 18.6. The van der Waals surface area contributed by atoms with Crippen LogP contribution >= 0.6 is 0 Å². The van der Waals surface area contributed by atoms with Gasteiger partial charge in [-0.15, -0.1) is 0 Å². The van der Waals surface area contributed by atoms with Crippen LogP contribution < -0.4 is 10.2 Å². The molecule has 2 heterocycles. The summed E-state index contributed by atoms with van der Waals surface area (Å²) in [5, 5.41) is 3.35. The molecule has 118 valence electrons. The highest BCUT2D eigenvalue weighted by Crippen LogP contribution is 2.25. The second kappa shape index (κ2) is 7.59. The van der Waals surface area contributed by atoms with Crippen molar-refractivity contribution in [1.29, 1.82) is 0 Å². The molecule has 2 rings (SSSR count). The van der Waals surface area contributed by atoms with Crippen LogP contribution in [0.2, 0.25) is 0 Å². The van der Waals surface area contributed by atoms with Crippen LogP contribution in [0.1, 0.15) is 38.1 Å². The molecule has 21 heavy (non-hydrogen) atoms. The molecule has 1 aliphatic rings. The van der Waals surface area contributed by atoms with E-state index < -0.39 is 0 Å². The number of ether oxygens (including phenoxy) is 1. The summed E-state index contributed by atoms with van der Waals surface area (Å²) in [6, 6.07) is 0. The fraction of sp³-hybridized carbons (Fsp3) is 0.750. The van der Waals surface area contributed by atoms with E-state index in [2.05, 4.69) is 43.0 Å². The van der Waals surface area contributed by atoms with E-state index in [9.17, 15) is 0 Å². The Balaban J connectivity index is 2.17. The lowest BCUT2D eigenvalue weighted by molar-refractivity contribution is 0.0576. The first-order valence-corrected chi connectivity index (χ1v) is 8.05. The third-order valence-electron chi connectivity index (χ3n) is 3.98. The van der Waals surface area contributed by atoms with Crippen molar-refractivity contribution in [2.75, 3.05) is 43.6 Å². The lowest BCUT2D eigenvalue weighted by Crippen LogP contribution is -2.32. The van der Waals surface area contributed by atoms with E-state index in [1.807, 2.05) is 0 Å². The van der Waals surface area contributed by atoms with Crippen LogP contribution in [0.4, 0.5) is 11.6 Å². The maximum Gasteiger partial charge on any atom is 0.137 e. The van der Waals surface area contributed by atoms with Gasteiger partial charge in [-0.1, -0.05) is 6.92 Å². The number of rotatable bonds is 6. The van der Waals surface area contributed by atoms with Crippen molar-refractivity contribution >= 4 is 11.6 Å². The standard InChI is InChI=1S/C16H28N4O/c1-5-14-18-15(17-6-2)12(3)16(19-14)20(4)10-13-8-7-9-21-11-13/h13H,5-11H2,1-4H3,(H,17,18,19). The van der Waals surface area contributed by atoms with Gasteiger partial charge in [0.15, 0.2) is 0 Å². The van der Waals surface area contributed by atoms with Crippen molar-refractivity contribution in [2.45, 2.75) is 40.0 Å². The molecule has 1 fully saturated rings. The summed E-state index contributed by atoms with van der Waals surface area (Å²) in [5.74, 6) is 3.51. The van der Waals surface area contributed by atoms with Gasteiger partial charge >= 0.3 is 0 Å². The third-order valence-corrected chi connectivity index (χ3v) is 3.98. The number of aromatic nitrogens is 2. The van der Waals surface area contributed by atoms with Gasteiger partial charge in [0, 0.05) is 38.7 Å². The number of hydrogen-bond acceptors (Lipinski definition) is 5. The molecule has 1 atom stereocenters. The van der Waals surface area contributed by atoms with Crippen LogP contribution in [0.15, 0.2) is 0 Å². The van der Waals surface area contributed by atoms with Crippen LogP contribution in [0.3, 0.4) is 0 Å². The minimum Gasteiger partial charge on any atom is -0.381 e. The molecule has 5 heteroatoms. The lowest BCUT2D eigenvalue weighted by Gasteiger charge is -2.29. The molecule has 1 saturated heterocycles. The van der Waals surface area contributed by atoms with Gasteiger partial charge in [-0.2, -0.15) is 0 Å². The van der Waals surface area contributed by atoms with Gasteiger partial charge in [-0.25, -0.2) is 9.97 Å². The molecule has 0 aromatic carbocycles. The maximum absolute atomic E-state index is 5.58. The van der Waals surface area contributed by atoms with Crippen LogP contribution in [-0.2, 0) is 11.2 Å². The second-order valence-electron chi connectivity index (χ2n) is 5.78. The summed E-state index contributed by atoms with van der Waals surface area (Å²) in [7, 11) is 2.12. The quantitative estimate of drug-likeness (QED) is 0.873. The van der Waals surface area contributed by atoms with Crippen molar-refractivity contribution < 1.29 is 4.74 Å². The van der Waals surface area contributed by atoms with E-state index in [1.165, 1.54) is 12.8 Å². The predicted octanol–water partition coefficient (Wildman–Crippen LogP) is 2.64. The Morgan fingerprint density at radius 1 is 1.33 bits per heavy atom. The highest BCUT2D eigenvalue weighted by molar-refractivity contribution is 5.58. The summed E-state index contributed by atoms with van der Waals surface area (Å²) < 4.78 is 5.58. The molecule has 1 aromatic heterocycles. The number of aryl methyl sites for hydroxylation is 1. The minimum absolute atomic E-state index is 0.603. The van der Waals surface area contributed by atoms with Crippen molar-refractivity contribution in [3.05, 3.63) is 11.4 Å². The van der Waals surface area contributed by atoms with Gasteiger partial charge in [0.25, 0.3) is 0 Å². The Morgan fingerprint density at radius 2 is 2.14 bits per heavy atom. The summed E-state index contributed by atoms with van der Waals surface area (Å²) in [6.07, 6.45) is 3.27. The van der Waals surface area contributed by atoms with Gasteiger partial charge in [-0.3, -0.25) is 0 Å². The first-order valence-electron chi connectivity index (χ1n) is 8.05. The first-order chi connectivity index (χ1) is 10.2. The molecule has 5 nitrogen and oxygen atoms in total. The Hall–Kier alpha value is -1.36. The molecular formula is C16H28N4O. The fourth-order valence-electron chi connectivity index (χ4n) is 2.84. The topological polar surface area (TPSA) is 50.3 Å². The molecule has 1 aliphatic heterocycles. The van der Waals surface area contributed by atoms with Gasteiger partial charge < -0.3 is 15.0 Å². The number of anilines is 2. The number of nitrogens with zero attached hydrogens (tertiary/aromatic N) is 3. The minimum atomic E-state index is 0.603. The van der Waals surface area contributed by atoms with E-state index in [0.717, 1.165) is 55.7 Å². The fourth-order valence-corrected chi connectivity index (χ4v) is 2.84.